The number of esters is 1. The standard InChI is InChI=1S/C75H147NO5/c1-3-5-7-9-11-13-15-17-19-21-22-23-24-27-30-33-36-39-43-47-51-55-59-63-67-73(78)72(71-77)76-74(79)68-64-60-56-52-48-44-40-37-34-31-28-25-26-29-32-35-38-42-46-50-54-58-62-66-70-81-75(80)69-65-61-57-53-49-45-41-20-18-16-14-12-10-8-6-4-2/h20,41,72-73,77-78H,3-19,21-40,42-71H2,1-2H3,(H,76,79)/b41-20-. The molecule has 0 rings (SSSR count). The lowest BCUT2D eigenvalue weighted by molar-refractivity contribution is -0.143. The van der Waals surface area contributed by atoms with E-state index in [1.165, 1.54) is 353 Å². The molecule has 0 aromatic rings. The molecule has 482 valence electrons. The van der Waals surface area contributed by atoms with Crippen LogP contribution in [0.4, 0.5) is 0 Å². The molecule has 0 aromatic carbocycles. The van der Waals surface area contributed by atoms with Crippen molar-refractivity contribution in [2.24, 2.45) is 0 Å². The van der Waals surface area contributed by atoms with Gasteiger partial charge in [-0.15, -0.1) is 0 Å². The first-order chi connectivity index (χ1) is 40.0. The summed E-state index contributed by atoms with van der Waals surface area (Å²) >= 11 is 0. The van der Waals surface area contributed by atoms with E-state index in [4.69, 9.17) is 4.74 Å². The van der Waals surface area contributed by atoms with Gasteiger partial charge < -0.3 is 20.3 Å². The Bertz CT molecular complexity index is 1220. The largest absolute Gasteiger partial charge is 0.466 e. The molecule has 0 bridgehead atoms. The monoisotopic (exact) mass is 1140 g/mol. The lowest BCUT2D eigenvalue weighted by Gasteiger charge is -2.22. The molecule has 0 saturated carbocycles. The van der Waals surface area contributed by atoms with Crippen molar-refractivity contribution in [1.29, 1.82) is 0 Å². The van der Waals surface area contributed by atoms with Gasteiger partial charge in [-0.1, -0.05) is 379 Å². The molecule has 1 amide bonds. The highest BCUT2D eigenvalue weighted by Crippen LogP contribution is 2.20. The number of aliphatic hydroxyl groups is 2. The second-order valence-electron chi connectivity index (χ2n) is 26.0. The van der Waals surface area contributed by atoms with Gasteiger partial charge in [-0.25, -0.2) is 0 Å². The predicted octanol–water partition coefficient (Wildman–Crippen LogP) is 24.3. The summed E-state index contributed by atoms with van der Waals surface area (Å²) in [4.78, 5) is 24.7. The maximum atomic E-state index is 12.6. The molecule has 2 unspecified atom stereocenters. The predicted molar refractivity (Wildman–Crippen MR) is 357 cm³/mol. The summed E-state index contributed by atoms with van der Waals surface area (Å²) in [5.41, 5.74) is 0. The van der Waals surface area contributed by atoms with Gasteiger partial charge in [0.15, 0.2) is 0 Å². The lowest BCUT2D eigenvalue weighted by atomic mass is 10.0. The van der Waals surface area contributed by atoms with E-state index in [1.54, 1.807) is 0 Å². The highest BCUT2D eigenvalue weighted by molar-refractivity contribution is 5.76. The molecule has 0 radical (unpaired) electrons. The molecule has 0 spiro atoms. The number of carbonyl (C=O) groups excluding carboxylic acids is 2. The van der Waals surface area contributed by atoms with E-state index in [0.717, 1.165) is 44.9 Å². The molecular weight excluding hydrogens is 995 g/mol. The molecule has 6 nitrogen and oxygen atoms in total. The Labute approximate surface area is 508 Å². The Morgan fingerprint density at radius 3 is 0.877 bits per heavy atom. The number of unbranched alkanes of at least 4 members (excludes halogenated alkanes) is 58. The van der Waals surface area contributed by atoms with Crippen LogP contribution >= 0.6 is 0 Å². The first-order valence-electron chi connectivity index (χ1n) is 37.4. The summed E-state index contributed by atoms with van der Waals surface area (Å²) in [5, 5.41) is 23.5. The minimum Gasteiger partial charge on any atom is -0.466 e. The zero-order chi connectivity index (χ0) is 58.5. The Kier molecular flexibility index (Phi) is 69.9. The lowest BCUT2D eigenvalue weighted by Crippen LogP contribution is -2.45. The molecule has 3 N–H and O–H groups in total. The zero-order valence-electron chi connectivity index (χ0n) is 55.3. The van der Waals surface area contributed by atoms with Gasteiger partial charge in [-0.2, -0.15) is 0 Å². The molecular formula is C75H147NO5. The number of rotatable bonds is 71. The van der Waals surface area contributed by atoms with Gasteiger partial charge >= 0.3 is 5.97 Å². The molecule has 0 saturated heterocycles. The summed E-state index contributed by atoms with van der Waals surface area (Å²) in [6.07, 6.45) is 88.4. The number of ether oxygens (including phenoxy) is 1. The van der Waals surface area contributed by atoms with E-state index in [9.17, 15) is 19.8 Å². The Hall–Kier alpha value is -1.40. The second kappa shape index (κ2) is 71.1. The van der Waals surface area contributed by atoms with E-state index in [2.05, 4.69) is 31.3 Å². The van der Waals surface area contributed by atoms with E-state index in [0.29, 0.717) is 25.9 Å². The average molecular weight is 1140 g/mol. The number of amides is 1. The van der Waals surface area contributed by atoms with Crippen molar-refractivity contribution in [3.05, 3.63) is 12.2 Å². The second-order valence-corrected chi connectivity index (χ2v) is 26.0. The van der Waals surface area contributed by atoms with Gasteiger partial charge in [-0.3, -0.25) is 9.59 Å². The molecule has 0 fully saturated rings. The number of carbonyl (C=O) groups is 2. The summed E-state index contributed by atoms with van der Waals surface area (Å²) < 4.78 is 5.50. The van der Waals surface area contributed by atoms with Gasteiger partial charge in [0.05, 0.1) is 25.4 Å². The van der Waals surface area contributed by atoms with Crippen molar-refractivity contribution < 1.29 is 24.5 Å². The number of nitrogens with one attached hydrogen (secondary N) is 1. The molecule has 0 heterocycles. The Morgan fingerprint density at radius 1 is 0.333 bits per heavy atom. The highest BCUT2D eigenvalue weighted by Gasteiger charge is 2.20. The number of allylic oxidation sites excluding steroid dienone is 2. The van der Waals surface area contributed by atoms with Crippen LogP contribution in [0.3, 0.4) is 0 Å². The fraction of sp³-hybridized carbons (Fsp3) is 0.947. The topological polar surface area (TPSA) is 95.9 Å². The molecule has 0 aliphatic heterocycles. The molecule has 0 aliphatic rings. The van der Waals surface area contributed by atoms with Gasteiger partial charge in [0, 0.05) is 12.8 Å². The zero-order valence-corrected chi connectivity index (χ0v) is 55.3. The van der Waals surface area contributed by atoms with Crippen molar-refractivity contribution in [3.8, 4) is 0 Å². The molecule has 0 aliphatic carbocycles. The van der Waals surface area contributed by atoms with Gasteiger partial charge in [-0.05, 0) is 51.4 Å². The first kappa shape index (κ1) is 79.6. The Morgan fingerprint density at radius 2 is 0.580 bits per heavy atom. The van der Waals surface area contributed by atoms with Crippen LogP contribution in [0.5, 0.6) is 0 Å². The first-order valence-corrected chi connectivity index (χ1v) is 37.4. The normalized spacial score (nSPS) is 12.5. The van der Waals surface area contributed by atoms with Crippen LogP contribution < -0.4 is 5.32 Å². The van der Waals surface area contributed by atoms with E-state index < -0.39 is 12.1 Å². The number of hydrogen-bond acceptors (Lipinski definition) is 5. The van der Waals surface area contributed by atoms with Crippen LogP contribution in [-0.2, 0) is 14.3 Å². The molecule has 6 heteroatoms. The third-order valence-electron chi connectivity index (χ3n) is 17.8. The SMILES string of the molecule is CCCCCCCCC/C=C\CCCCCCCC(=O)OCCCCCCCCCCCCCCCCCCCCCCCCCCC(=O)NC(CO)C(O)CCCCCCCCCCCCCCCCCCCCCCCCCC. The minimum atomic E-state index is -0.665. The number of hydrogen-bond donors (Lipinski definition) is 3. The fourth-order valence-corrected chi connectivity index (χ4v) is 12.1. The van der Waals surface area contributed by atoms with Crippen molar-refractivity contribution in [2.45, 2.75) is 443 Å². The fourth-order valence-electron chi connectivity index (χ4n) is 12.1. The molecule has 0 aromatic heterocycles. The summed E-state index contributed by atoms with van der Waals surface area (Å²) in [7, 11) is 0. The van der Waals surface area contributed by atoms with Crippen molar-refractivity contribution in [2.75, 3.05) is 13.2 Å². The van der Waals surface area contributed by atoms with Gasteiger partial charge in [0.25, 0.3) is 0 Å². The average Bonchev–Trinajstić information content (AvgIpc) is 3.47. The smallest absolute Gasteiger partial charge is 0.305 e. The van der Waals surface area contributed by atoms with Gasteiger partial charge in [0.1, 0.15) is 0 Å². The quantitative estimate of drug-likeness (QED) is 0.0320. The maximum Gasteiger partial charge on any atom is 0.305 e. The van der Waals surface area contributed by atoms with Crippen LogP contribution in [0.15, 0.2) is 12.2 Å². The maximum absolute atomic E-state index is 12.6. The van der Waals surface area contributed by atoms with E-state index in [1.807, 2.05) is 0 Å². The molecule has 81 heavy (non-hydrogen) atoms. The van der Waals surface area contributed by atoms with Crippen molar-refractivity contribution >= 4 is 11.9 Å². The Balaban J connectivity index is 3.36. The van der Waals surface area contributed by atoms with Crippen LogP contribution in [0, 0.1) is 0 Å². The summed E-state index contributed by atoms with van der Waals surface area (Å²) in [5.74, 6) is -0.0186. The van der Waals surface area contributed by atoms with Crippen LogP contribution in [0.25, 0.3) is 0 Å². The third-order valence-corrected chi connectivity index (χ3v) is 17.8. The van der Waals surface area contributed by atoms with Crippen LogP contribution in [-0.4, -0.2) is 47.4 Å². The number of aliphatic hydroxyl groups excluding tert-OH is 2. The van der Waals surface area contributed by atoms with Crippen molar-refractivity contribution in [1.82, 2.24) is 5.32 Å². The summed E-state index contributed by atoms with van der Waals surface area (Å²) in [6, 6.07) is -0.542. The minimum absolute atomic E-state index is 0.00952. The molecule has 2 atom stereocenters. The van der Waals surface area contributed by atoms with Gasteiger partial charge in [0.2, 0.25) is 5.91 Å². The highest BCUT2D eigenvalue weighted by atomic mass is 16.5. The van der Waals surface area contributed by atoms with E-state index >= 15 is 0 Å². The summed E-state index contributed by atoms with van der Waals surface area (Å²) in [6.45, 7) is 5.00. The third kappa shape index (κ3) is 67.6. The van der Waals surface area contributed by atoms with E-state index in [-0.39, 0.29) is 18.5 Å². The van der Waals surface area contributed by atoms with Crippen LogP contribution in [0.1, 0.15) is 431 Å². The van der Waals surface area contributed by atoms with Crippen molar-refractivity contribution in [3.63, 3.8) is 0 Å². The van der Waals surface area contributed by atoms with Crippen LogP contribution in [0.2, 0.25) is 0 Å².